The van der Waals surface area contributed by atoms with Crippen molar-refractivity contribution in [3.05, 3.63) is 66.4 Å². The topological polar surface area (TPSA) is 63.2 Å². The van der Waals surface area contributed by atoms with E-state index >= 15 is 0 Å². The number of hydrogen-bond donors (Lipinski definition) is 3. The second-order valence-corrected chi connectivity index (χ2v) is 5.48. The molecule has 4 heteroatoms. The zero-order valence-corrected chi connectivity index (χ0v) is 12.6. The molecule has 0 spiro atoms. The van der Waals surface area contributed by atoms with E-state index in [4.69, 9.17) is 5.73 Å². The van der Waals surface area contributed by atoms with Crippen LogP contribution in [0, 0.1) is 0 Å². The van der Waals surface area contributed by atoms with E-state index in [0.29, 0.717) is 6.54 Å². The van der Waals surface area contributed by atoms with Gasteiger partial charge in [-0.2, -0.15) is 0 Å². The Morgan fingerprint density at radius 1 is 1.09 bits per heavy atom. The lowest BCUT2D eigenvalue weighted by atomic mass is 10.0. The second-order valence-electron chi connectivity index (χ2n) is 5.48. The van der Waals surface area contributed by atoms with Crippen LogP contribution in [-0.2, 0) is 0 Å². The summed E-state index contributed by atoms with van der Waals surface area (Å²) in [6, 6.07) is 17.8. The Bertz CT molecular complexity index is 751. The number of nitrogens with two attached hydrogens (primary N) is 1. The minimum Gasteiger partial charge on any atom is -0.398 e. The summed E-state index contributed by atoms with van der Waals surface area (Å²) in [7, 11) is 1.84. The second kappa shape index (κ2) is 6.22. The summed E-state index contributed by atoms with van der Waals surface area (Å²) < 4.78 is 2.10. The molecule has 1 heterocycles. The molecule has 3 aromatic rings. The monoisotopic (exact) mass is 295 g/mol. The number of likely N-dealkylation sites (N-methyl/N-ethyl adjacent to an activating group) is 1. The summed E-state index contributed by atoms with van der Waals surface area (Å²) >= 11 is 0. The number of hydrogen-bond acceptors (Lipinski definition) is 3. The van der Waals surface area contributed by atoms with Crippen LogP contribution in [0.25, 0.3) is 10.9 Å². The molecule has 0 aliphatic rings. The summed E-state index contributed by atoms with van der Waals surface area (Å²) in [5.41, 5.74) is 8.92. The molecule has 2 aromatic carbocycles. The van der Waals surface area contributed by atoms with Gasteiger partial charge in [-0.1, -0.05) is 36.4 Å². The number of nitrogens with zero attached hydrogens (tertiary/aromatic N) is 1. The van der Waals surface area contributed by atoms with Gasteiger partial charge in [0, 0.05) is 23.8 Å². The average molecular weight is 295 g/mol. The van der Waals surface area contributed by atoms with Crippen LogP contribution in [0.2, 0.25) is 0 Å². The molecule has 1 aromatic heterocycles. The Balaban J connectivity index is 2.14. The van der Waals surface area contributed by atoms with Crippen molar-refractivity contribution in [2.24, 2.45) is 0 Å². The molecule has 0 saturated carbocycles. The first-order valence-electron chi connectivity index (χ1n) is 7.45. The largest absolute Gasteiger partial charge is 0.398 e. The molecule has 4 nitrogen and oxygen atoms in total. The van der Waals surface area contributed by atoms with E-state index in [9.17, 15) is 5.11 Å². The smallest absolute Gasteiger partial charge is 0.0912 e. The highest BCUT2D eigenvalue weighted by Crippen LogP contribution is 2.30. The highest BCUT2D eigenvalue weighted by molar-refractivity contribution is 5.91. The van der Waals surface area contributed by atoms with Crippen molar-refractivity contribution >= 4 is 16.6 Å². The summed E-state index contributed by atoms with van der Waals surface area (Å²) in [6.07, 6.45) is 1.46. The normalized spacial score (nSPS) is 14.1. The van der Waals surface area contributed by atoms with Crippen molar-refractivity contribution in [2.45, 2.75) is 12.1 Å². The lowest BCUT2D eigenvalue weighted by Gasteiger charge is -2.26. The fourth-order valence-electron chi connectivity index (χ4n) is 2.99. The lowest BCUT2D eigenvalue weighted by Crippen LogP contribution is -2.33. The maximum absolute atomic E-state index is 10.6. The van der Waals surface area contributed by atoms with Gasteiger partial charge in [0.05, 0.1) is 17.7 Å². The number of rotatable bonds is 5. The van der Waals surface area contributed by atoms with Crippen molar-refractivity contribution in [3.63, 3.8) is 0 Å². The van der Waals surface area contributed by atoms with E-state index in [-0.39, 0.29) is 6.04 Å². The van der Waals surface area contributed by atoms with Crippen molar-refractivity contribution in [1.29, 1.82) is 0 Å². The molecule has 0 saturated heterocycles. The SMILES string of the molecule is CNC[C@@H](O)[C@H](c1ccccc1)n1ccc2c(N)cccc21. The number of aliphatic hydroxyl groups is 1. The molecule has 22 heavy (non-hydrogen) atoms. The van der Waals surface area contributed by atoms with Gasteiger partial charge >= 0.3 is 0 Å². The van der Waals surface area contributed by atoms with Gasteiger partial charge in [-0.25, -0.2) is 0 Å². The van der Waals surface area contributed by atoms with Gasteiger partial charge in [-0.05, 0) is 30.8 Å². The maximum atomic E-state index is 10.6. The predicted octanol–water partition coefficient (Wildman–Crippen LogP) is 2.39. The van der Waals surface area contributed by atoms with Gasteiger partial charge in [-0.3, -0.25) is 0 Å². The minimum absolute atomic E-state index is 0.159. The Kier molecular flexibility index (Phi) is 4.13. The molecule has 2 atom stereocenters. The Morgan fingerprint density at radius 2 is 1.86 bits per heavy atom. The summed E-state index contributed by atoms with van der Waals surface area (Å²) in [4.78, 5) is 0. The van der Waals surface area contributed by atoms with Crippen molar-refractivity contribution in [2.75, 3.05) is 19.3 Å². The number of fused-ring (bicyclic) bond motifs is 1. The van der Waals surface area contributed by atoms with E-state index in [0.717, 1.165) is 22.2 Å². The van der Waals surface area contributed by atoms with E-state index in [2.05, 4.69) is 9.88 Å². The molecule has 114 valence electrons. The van der Waals surface area contributed by atoms with Crippen LogP contribution in [0.4, 0.5) is 5.69 Å². The number of anilines is 1. The molecule has 0 fully saturated rings. The van der Waals surface area contributed by atoms with Gasteiger partial charge < -0.3 is 20.7 Å². The third-order valence-corrected chi connectivity index (χ3v) is 4.02. The van der Waals surface area contributed by atoms with Gasteiger partial charge in [0.25, 0.3) is 0 Å². The highest BCUT2D eigenvalue weighted by Gasteiger charge is 2.23. The molecule has 0 aliphatic heterocycles. The van der Waals surface area contributed by atoms with Crippen LogP contribution in [0.1, 0.15) is 11.6 Å². The third-order valence-electron chi connectivity index (χ3n) is 4.02. The molecule has 0 bridgehead atoms. The fraction of sp³-hybridized carbons (Fsp3) is 0.222. The molecule has 0 radical (unpaired) electrons. The molecule has 3 rings (SSSR count). The van der Waals surface area contributed by atoms with Gasteiger partial charge in [0.1, 0.15) is 0 Å². The van der Waals surface area contributed by atoms with Crippen LogP contribution in [0.5, 0.6) is 0 Å². The quantitative estimate of drug-likeness (QED) is 0.633. The third kappa shape index (κ3) is 2.58. The maximum Gasteiger partial charge on any atom is 0.0912 e. The molecular weight excluding hydrogens is 274 g/mol. The average Bonchev–Trinajstić information content (AvgIpc) is 2.94. The van der Waals surface area contributed by atoms with Crippen molar-refractivity contribution in [3.8, 4) is 0 Å². The minimum atomic E-state index is -0.538. The molecular formula is C18H21N3O. The Morgan fingerprint density at radius 3 is 2.59 bits per heavy atom. The van der Waals surface area contributed by atoms with E-state index < -0.39 is 6.10 Å². The number of nitrogens with one attached hydrogen (secondary N) is 1. The number of benzene rings is 2. The number of aliphatic hydroxyl groups excluding tert-OH is 1. The summed E-state index contributed by atoms with van der Waals surface area (Å²) in [6.45, 7) is 0.515. The van der Waals surface area contributed by atoms with E-state index in [1.165, 1.54) is 0 Å². The zero-order chi connectivity index (χ0) is 15.5. The van der Waals surface area contributed by atoms with Gasteiger partial charge in [-0.15, -0.1) is 0 Å². The summed E-state index contributed by atoms with van der Waals surface area (Å²) in [5.74, 6) is 0. The predicted molar refractivity (Wildman–Crippen MR) is 90.9 cm³/mol. The first-order chi connectivity index (χ1) is 10.7. The lowest BCUT2D eigenvalue weighted by molar-refractivity contribution is 0.132. The van der Waals surface area contributed by atoms with Crippen molar-refractivity contribution < 1.29 is 5.11 Å². The van der Waals surface area contributed by atoms with Crippen LogP contribution >= 0.6 is 0 Å². The van der Waals surface area contributed by atoms with Crippen LogP contribution in [-0.4, -0.2) is 29.4 Å². The van der Waals surface area contributed by atoms with Gasteiger partial charge in [0.2, 0.25) is 0 Å². The van der Waals surface area contributed by atoms with Gasteiger partial charge in [0.15, 0.2) is 0 Å². The molecule has 0 unspecified atom stereocenters. The molecule has 0 aliphatic carbocycles. The Hall–Kier alpha value is -2.30. The van der Waals surface area contributed by atoms with Crippen LogP contribution < -0.4 is 11.1 Å². The highest BCUT2D eigenvalue weighted by atomic mass is 16.3. The number of nitrogen functional groups attached to an aromatic ring is 1. The zero-order valence-electron chi connectivity index (χ0n) is 12.6. The molecule has 4 N–H and O–H groups in total. The van der Waals surface area contributed by atoms with E-state index in [1.807, 2.05) is 67.8 Å². The Labute approximate surface area is 130 Å². The van der Waals surface area contributed by atoms with E-state index in [1.54, 1.807) is 0 Å². The standard InChI is InChI=1S/C18H21N3O/c1-20-12-17(22)18(13-6-3-2-4-7-13)21-11-10-14-15(19)8-5-9-16(14)21/h2-11,17-18,20,22H,12,19H2,1H3/t17-,18+/m1/s1. The fourth-order valence-corrected chi connectivity index (χ4v) is 2.99. The summed E-state index contributed by atoms with van der Waals surface area (Å²) in [5, 5.41) is 14.7. The van der Waals surface area contributed by atoms with Crippen molar-refractivity contribution in [1.82, 2.24) is 9.88 Å². The first-order valence-corrected chi connectivity index (χ1v) is 7.45. The number of aromatic nitrogens is 1. The molecule has 0 amide bonds. The first kappa shape index (κ1) is 14.6. The van der Waals surface area contributed by atoms with Crippen LogP contribution in [0.3, 0.4) is 0 Å². The van der Waals surface area contributed by atoms with Crippen LogP contribution in [0.15, 0.2) is 60.8 Å².